The summed E-state index contributed by atoms with van der Waals surface area (Å²) < 4.78 is 0. The van der Waals surface area contributed by atoms with Crippen molar-refractivity contribution in [3.05, 3.63) is 30.1 Å². The van der Waals surface area contributed by atoms with E-state index < -0.39 is 0 Å². The van der Waals surface area contributed by atoms with E-state index in [1.165, 1.54) is 0 Å². The highest BCUT2D eigenvalue weighted by Gasteiger charge is 2.29. The molecule has 74 valence electrons. The number of hydrogen-bond acceptors (Lipinski definition) is 3. The lowest BCUT2D eigenvalue weighted by molar-refractivity contribution is 0.0515. The van der Waals surface area contributed by atoms with Gasteiger partial charge in [-0.15, -0.1) is 0 Å². The quantitative estimate of drug-likeness (QED) is 0.722. The molecule has 1 aromatic heterocycles. The van der Waals surface area contributed by atoms with Crippen molar-refractivity contribution in [3.8, 4) is 0 Å². The van der Waals surface area contributed by atoms with E-state index in [-0.39, 0.29) is 5.91 Å². The topological polar surface area (TPSA) is 59.2 Å². The molecule has 1 aromatic rings. The minimum atomic E-state index is 0.0581. The van der Waals surface area contributed by atoms with Gasteiger partial charge in [-0.1, -0.05) is 0 Å². The van der Waals surface area contributed by atoms with Gasteiger partial charge in [0.2, 0.25) is 0 Å². The molecule has 4 nitrogen and oxygen atoms in total. The van der Waals surface area contributed by atoms with E-state index >= 15 is 0 Å². The Morgan fingerprint density at radius 3 is 3.00 bits per heavy atom. The lowest BCUT2D eigenvalue weighted by atomic mass is 9.99. The van der Waals surface area contributed by atoms with Crippen molar-refractivity contribution in [2.24, 2.45) is 11.7 Å². The van der Waals surface area contributed by atoms with Crippen molar-refractivity contribution in [2.45, 2.75) is 0 Å². The summed E-state index contributed by atoms with van der Waals surface area (Å²) in [4.78, 5) is 17.4. The number of carbonyl (C=O) groups is 1. The lowest BCUT2D eigenvalue weighted by Gasteiger charge is -2.38. The molecule has 0 radical (unpaired) electrons. The summed E-state index contributed by atoms with van der Waals surface area (Å²) in [5.41, 5.74) is 6.14. The van der Waals surface area contributed by atoms with Gasteiger partial charge < -0.3 is 10.6 Å². The Morgan fingerprint density at radius 2 is 2.43 bits per heavy atom. The van der Waals surface area contributed by atoms with Gasteiger partial charge in [0.05, 0.1) is 5.56 Å². The van der Waals surface area contributed by atoms with Crippen molar-refractivity contribution in [1.29, 1.82) is 0 Å². The maximum Gasteiger partial charge on any atom is 0.255 e. The Morgan fingerprint density at radius 1 is 1.64 bits per heavy atom. The third kappa shape index (κ3) is 1.61. The molecule has 1 fully saturated rings. The minimum Gasteiger partial charge on any atom is -0.338 e. The highest BCUT2D eigenvalue weighted by atomic mass is 16.2. The van der Waals surface area contributed by atoms with Gasteiger partial charge in [-0.05, 0) is 18.7 Å². The highest BCUT2D eigenvalue weighted by Crippen LogP contribution is 2.16. The largest absolute Gasteiger partial charge is 0.338 e. The van der Waals surface area contributed by atoms with Gasteiger partial charge in [-0.2, -0.15) is 0 Å². The van der Waals surface area contributed by atoms with Crippen LogP contribution in [0.1, 0.15) is 10.4 Å². The third-order valence-corrected chi connectivity index (χ3v) is 2.49. The van der Waals surface area contributed by atoms with Crippen LogP contribution in [0.25, 0.3) is 0 Å². The number of hydrogen-bond donors (Lipinski definition) is 1. The van der Waals surface area contributed by atoms with Crippen molar-refractivity contribution in [2.75, 3.05) is 19.6 Å². The number of amides is 1. The molecule has 14 heavy (non-hydrogen) atoms. The zero-order chi connectivity index (χ0) is 9.97. The minimum absolute atomic E-state index is 0.0581. The Hall–Kier alpha value is -1.42. The first-order chi connectivity index (χ1) is 6.81. The summed E-state index contributed by atoms with van der Waals surface area (Å²) in [6.45, 7) is 2.23. The van der Waals surface area contributed by atoms with E-state index in [1.54, 1.807) is 29.4 Å². The number of rotatable bonds is 2. The van der Waals surface area contributed by atoms with Gasteiger partial charge in [0.1, 0.15) is 0 Å². The van der Waals surface area contributed by atoms with E-state index in [9.17, 15) is 4.79 Å². The van der Waals surface area contributed by atoms with E-state index in [0.717, 1.165) is 13.1 Å². The highest BCUT2D eigenvalue weighted by molar-refractivity contribution is 5.94. The average molecular weight is 191 g/mol. The summed E-state index contributed by atoms with van der Waals surface area (Å²) in [6.07, 6.45) is 3.26. The van der Waals surface area contributed by atoms with Gasteiger partial charge in [0, 0.05) is 31.4 Å². The van der Waals surface area contributed by atoms with Crippen molar-refractivity contribution < 1.29 is 4.79 Å². The normalized spacial score (nSPS) is 16.5. The molecular formula is C10H13N3O. The second-order valence-electron chi connectivity index (χ2n) is 3.55. The van der Waals surface area contributed by atoms with Crippen LogP contribution in [0.4, 0.5) is 0 Å². The lowest BCUT2D eigenvalue weighted by Crippen LogP contribution is -2.52. The zero-order valence-electron chi connectivity index (χ0n) is 7.89. The molecule has 0 saturated carbocycles. The summed E-state index contributed by atoms with van der Waals surface area (Å²) >= 11 is 0. The first-order valence-electron chi connectivity index (χ1n) is 4.70. The average Bonchev–Trinajstić information content (AvgIpc) is 2.17. The first-order valence-corrected chi connectivity index (χ1v) is 4.70. The van der Waals surface area contributed by atoms with Gasteiger partial charge in [0.15, 0.2) is 0 Å². The summed E-state index contributed by atoms with van der Waals surface area (Å²) in [5.74, 6) is 0.540. The van der Waals surface area contributed by atoms with Crippen LogP contribution in [0.15, 0.2) is 24.5 Å². The standard InChI is InChI=1S/C10H13N3O/c11-4-8-6-13(7-8)10(14)9-2-1-3-12-5-9/h1-3,5,8H,4,6-7,11H2. The molecule has 2 heterocycles. The second-order valence-corrected chi connectivity index (χ2v) is 3.55. The maximum absolute atomic E-state index is 11.7. The SMILES string of the molecule is NCC1CN(C(=O)c2cccnc2)C1. The molecule has 0 aromatic carbocycles. The predicted octanol–water partition coefficient (Wildman–Crippen LogP) is 0.112. The van der Waals surface area contributed by atoms with Crippen LogP contribution in [0.5, 0.6) is 0 Å². The van der Waals surface area contributed by atoms with Crippen molar-refractivity contribution >= 4 is 5.91 Å². The smallest absolute Gasteiger partial charge is 0.255 e. The molecule has 0 spiro atoms. The fraction of sp³-hybridized carbons (Fsp3) is 0.400. The van der Waals surface area contributed by atoms with Crippen LogP contribution >= 0.6 is 0 Å². The van der Waals surface area contributed by atoms with Gasteiger partial charge in [-0.25, -0.2) is 0 Å². The van der Waals surface area contributed by atoms with Crippen LogP contribution in [0, 0.1) is 5.92 Å². The number of likely N-dealkylation sites (tertiary alicyclic amines) is 1. The van der Waals surface area contributed by atoms with Crippen molar-refractivity contribution in [3.63, 3.8) is 0 Å². The molecule has 1 amide bonds. The Labute approximate surface area is 82.7 Å². The van der Waals surface area contributed by atoms with Gasteiger partial charge >= 0.3 is 0 Å². The second kappa shape index (κ2) is 3.75. The monoisotopic (exact) mass is 191 g/mol. The number of nitrogens with two attached hydrogens (primary N) is 1. The van der Waals surface area contributed by atoms with Crippen molar-refractivity contribution in [1.82, 2.24) is 9.88 Å². The van der Waals surface area contributed by atoms with E-state index in [0.29, 0.717) is 18.0 Å². The van der Waals surface area contributed by atoms with E-state index in [1.807, 2.05) is 0 Å². The molecule has 1 aliphatic rings. The molecule has 0 atom stereocenters. The summed E-state index contributed by atoms with van der Waals surface area (Å²) in [6, 6.07) is 3.55. The molecule has 1 saturated heterocycles. The van der Waals surface area contributed by atoms with Crippen LogP contribution < -0.4 is 5.73 Å². The number of nitrogens with zero attached hydrogens (tertiary/aromatic N) is 2. The predicted molar refractivity (Wildman–Crippen MR) is 52.7 cm³/mol. The fourth-order valence-electron chi connectivity index (χ4n) is 1.56. The number of pyridine rings is 1. The fourth-order valence-corrected chi connectivity index (χ4v) is 1.56. The summed E-state index contributed by atoms with van der Waals surface area (Å²) in [7, 11) is 0. The van der Waals surface area contributed by atoms with Crippen LogP contribution in [-0.4, -0.2) is 35.4 Å². The molecule has 0 bridgehead atoms. The molecule has 2 N–H and O–H groups in total. The maximum atomic E-state index is 11.7. The van der Waals surface area contributed by atoms with E-state index in [2.05, 4.69) is 4.98 Å². The van der Waals surface area contributed by atoms with Gasteiger partial charge in [-0.3, -0.25) is 9.78 Å². The summed E-state index contributed by atoms with van der Waals surface area (Å²) in [5, 5.41) is 0. The molecular weight excluding hydrogens is 178 g/mol. The number of carbonyl (C=O) groups excluding carboxylic acids is 1. The first kappa shape index (κ1) is 9.15. The molecule has 4 heteroatoms. The molecule has 1 aliphatic heterocycles. The molecule has 0 aliphatic carbocycles. The number of aromatic nitrogens is 1. The van der Waals surface area contributed by atoms with E-state index in [4.69, 9.17) is 5.73 Å². The van der Waals surface area contributed by atoms with Crippen LogP contribution in [-0.2, 0) is 0 Å². The van der Waals surface area contributed by atoms with Gasteiger partial charge in [0.25, 0.3) is 5.91 Å². The molecule has 0 unspecified atom stereocenters. The van der Waals surface area contributed by atoms with Crippen LogP contribution in [0.2, 0.25) is 0 Å². The van der Waals surface area contributed by atoms with Crippen LogP contribution in [0.3, 0.4) is 0 Å². The Bertz CT molecular complexity index is 319. The zero-order valence-corrected chi connectivity index (χ0v) is 7.89. The Kier molecular flexibility index (Phi) is 2.45. The Balaban J connectivity index is 1.98. The third-order valence-electron chi connectivity index (χ3n) is 2.49. The molecule has 2 rings (SSSR count).